The van der Waals surface area contributed by atoms with E-state index in [0.717, 1.165) is 6.42 Å². The molecule has 2 nitrogen and oxygen atoms in total. The molecule has 0 spiro atoms. The monoisotopic (exact) mass is 129 g/mol. The normalized spacial score (nSPS) is 15.7. The molecular weight excluding hydrogens is 114 g/mol. The number of aliphatic hydroxyl groups excluding tert-OH is 1. The third kappa shape index (κ3) is 5.37. The van der Waals surface area contributed by atoms with E-state index in [1.165, 1.54) is 0 Å². The minimum Gasteiger partial charge on any atom is -0.513 e. The largest absolute Gasteiger partial charge is 0.513 e. The van der Waals surface area contributed by atoms with E-state index in [1.807, 2.05) is 13.8 Å². The van der Waals surface area contributed by atoms with Crippen molar-refractivity contribution < 1.29 is 5.11 Å². The Morgan fingerprint density at radius 1 is 1.78 bits per heavy atom. The molecule has 1 atom stereocenters. The van der Waals surface area contributed by atoms with Gasteiger partial charge in [0, 0.05) is 12.5 Å². The quantitative estimate of drug-likeness (QED) is 0.568. The molecule has 0 aromatic rings. The van der Waals surface area contributed by atoms with Crippen LogP contribution in [0.5, 0.6) is 0 Å². The van der Waals surface area contributed by atoms with Gasteiger partial charge in [-0.15, -0.1) is 0 Å². The third-order valence-corrected chi connectivity index (χ3v) is 0.971. The molecule has 0 radical (unpaired) electrons. The van der Waals surface area contributed by atoms with Crippen LogP contribution in [-0.4, -0.2) is 11.1 Å². The summed E-state index contributed by atoms with van der Waals surface area (Å²) in [6, 6.07) is 0.0628. The van der Waals surface area contributed by atoms with Crippen molar-refractivity contribution in [2.75, 3.05) is 0 Å². The summed E-state index contributed by atoms with van der Waals surface area (Å²) in [7, 11) is 0. The predicted octanol–water partition coefficient (Wildman–Crippen LogP) is 1.58. The molecule has 0 aliphatic carbocycles. The van der Waals surface area contributed by atoms with Crippen molar-refractivity contribution in [1.82, 2.24) is 0 Å². The van der Waals surface area contributed by atoms with Crippen LogP contribution in [-0.2, 0) is 0 Å². The van der Waals surface area contributed by atoms with Crippen LogP contribution in [0.15, 0.2) is 11.8 Å². The second-order valence-corrected chi connectivity index (χ2v) is 2.29. The fraction of sp³-hybridized carbons (Fsp3) is 0.714. The minimum absolute atomic E-state index is 0.0628. The maximum atomic E-state index is 9.00. The van der Waals surface area contributed by atoms with Crippen molar-refractivity contribution in [3.05, 3.63) is 11.8 Å². The number of hydrogen-bond donors (Lipinski definition) is 2. The highest BCUT2D eigenvalue weighted by molar-refractivity contribution is 4.91. The van der Waals surface area contributed by atoms with Crippen LogP contribution in [0.2, 0.25) is 0 Å². The summed E-state index contributed by atoms with van der Waals surface area (Å²) in [6.45, 7) is 3.86. The van der Waals surface area contributed by atoms with Crippen LogP contribution in [0.25, 0.3) is 0 Å². The number of allylic oxidation sites excluding steroid dienone is 1. The Labute approximate surface area is 56.4 Å². The summed E-state index contributed by atoms with van der Waals surface area (Å²) in [5.74, 6) is 0.410. The zero-order chi connectivity index (χ0) is 7.28. The number of nitrogens with two attached hydrogens (primary N) is 1. The van der Waals surface area contributed by atoms with E-state index in [4.69, 9.17) is 10.8 Å². The number of hydrogen-bond acceptors (Lipinski definition) is 2. The highest BCUT2D eigenvalue weighted by Crippen LogP contribution is 1.99. The smallest absolute Gasteiger partial charge is 0.0898 e. The highest BCUT2D eigenvalue weighted by atomic mass is 16.3. The fourth-order valence-corrected chi connectivity index (χ4v) is 0.649. The molecule has 0 aliphatic heterocycles. The highest BCUT2D eigenvalue weighted by Gasteiger charge is 1.95. The van der Waals surface area contributed by atoms with Crippen LogP contribution in [0.4, 0.5) is 0 Å². The van der Waals surface area contributed by atoms with Crippen molar-refractivity contribution in [2.24, 2.45) is 5.73 Å². The van der Waals surface area contributed by atoms with Crippen LogP contribution < -0.4 is 5.73 Å². The molecule has 0 saturated carbocycles. The maximum Gasteiger partial charge on any atom is 0.0898 e. The Kier molecular flexibility index (Phi) is 4.14. The van der Waals surface area contributed by atoms with Crippen molar-refractivity contribution in [1.29, 1.82) is 0 Å². The lowest BCUT2D eigenvalue weighted by atomic mass is 10.2. The van der Waals surface area contributed by atoms with E-state index in [9.17, 15) is 0 Å². The molecule has 0 aliphatic rings. The number of aliphatic hydroxyl groups is 1. The van der Waals surface area contributed by atoms with Crippen molar-refractivity contribution in [2.45, 2.75) is 32.7 Å². The second kappa shape index (κ2) is 4.39. The molecule has 0 heterocycles. The molecule has 0 fully saturated rings. The van der Waals surface area contributed by atoms with Gasteiger partial charge in [-0.2, -0.15) is 0 Å². The van der Waals surface area contributed by atoms with Gasteiger partial charge in [0.05, 0.1) is 5.76 Å². The molecule has 0 aromatic heterocycles. The van der Waals surface area contributed by atoms with Gasteiger partial charge in [0.15, 0.2) is 0 Å². The standard InChI is InChI=1S/C7H15NO/c1-3-4-7(9)5-6(2)8/h4,6,9H,3,5,8H2,1-2H3/b7-4+. The van der Waals surface area contributed by atoms with E-state index in [0.29, 0.717) is 12.2 Å². The SMILES string of the molecule is CC/C=C(/O)CC(C)N. The molecule has 54 valence electrons. The Hall–Kier alpha value is -0.500. The molecule has 9 heavy (non-hydrogen) atoms. The summed E-state index contributed by atoms with van der Waals surface area (Å²) in [5.41, 5.74) is 5.42. The first-order valence-corrected chi connectivity index (χ1v) is 3.30. The lowest BCUT2D eigenvalue weighted by Crippen LogP contribution is -2.15. The van der Waals surface area contributed by atoms with E-state index in [-0.39, 0.29) is 6.04 Å². The van der Waals surface area contributed by atoms with Crippen molar-refractivity contribution in [3.8, 4) is 0 Å². The lowest BCUT2D eigenvalue weighted by molar-refractivity contribution is 0.375. The first-order chi connectivity index (χ1) is 4.16. The fourth-order valence-electron chi connectivity index (χ4n) is 0.649. The Balaban J connectivity index is 3.49. The van der Waals surface area contributed by atoms with Gasteiger partial charge in [-0.05, 0) is 19.4 Å². The molecule has 0 saturated heterocycles. The Bertz CT molecular complexity index is 97.1. The van der Waals surface area contributed by atoms with Gasteiger partial charge in [-0.1, -0.05) is 6.92 Å². The van der Waals surface area contributed by atoms with E-state index in [2.05, 4.69) is 0 Å². The molecule has 2 heteroatoms. The van der Waals surface area contributed by atoms with Crippen LogP contribution in [0.1, 0.15) is 26.7 Å². The van der Waals surface area contributed by atoms with Gasteiger partial charge in [0.1, 0.15) is 0 Å². The molecule has 3 N–H and O–H groups in total. The van der Waals surface area contributed by atoms with Gasteiger partial charge in [0.25, 0.3) is 0 Å². The topological polar surface area (TPSA) is 46.2 Å². The molecule has 0 amide bonds. The zero-order valence-electron chi connectivity index (χ0n) is 6.09. The zero-order valence-corrected chi connectivity index (χ0v) is 6.09. The van der Waals surface area contributed by atoms with Crippen LogP contribution in [0, 0.1) is 0 Å². The maximum absolute atomic E-state index is 9.00. The number of rotatable bonds is 3. The second-order valence-electron chi connectivity index (χ2n) is 2.29. The van der Waals surface area contributed by atoms with Gasteiger partial charge < -0.3 is 10.8 Å². The third-order valence-electron chi connectivity index (χ3n) is 0.971. The van der Waals surface area contributed by atoms with Gasteiger partial charge in [-0.25, -0.2) is 0 Å². The first-order valence-electron chi connectivity index (χ1n) is 3.30. The lowest BCUT2D eigenvalue weighted by Gasteiger charge is -2.01. The molecule has 0 aromatic carbocycles. The first kappa shape index (κ1) is 8.50. The van der Waals surface area contributed by atoms with E-state index in [1.54, 1.807) is 6.08 Å². The molecule has 0 rings (SSSR count). The summed E-state index contributed by atoms with van der Waals surface area (Å²) in [6.07, 6.45) is 3.25. The Morgan fingerprint density at radius 2 is 2.33 bits per heavy atom. The van der Waals surface area contributed by atoms with Crippen LogP contribution in [0.3, 0.4) is 0 Å². The summed E-state index contributed by atoms with van der Waals surface area (Å²) < 4.78 is 0. The Morgan fingerprint density at radius 3 is 2.67 bits per heavy atom. The molecule has 1 unspecified atom stereocenters. The van der Waals surface area contributed by atoms with E-state index < -0.39 is 0 Å². The van der Waals surface area contributed by atoms with Crippen molar-refractivity contribution >= 4 is 0 Å². The van der Waals surface area contributed by atoms with Gasteiger partial charge in [0.2, 0.25) is 0 Å². The van der Waals surface area contributed by atoms with Crippen LogP contribution >= 0.6 is 0 Å². The molecule has 0 bridgehead atoms. The predicted molar refractivity (Wildman–Crippen MR) is 39.3 cm³/mol. The summed E-state index contributed by atoms with van der Waals surface area (Å²) >= 11 is 0. The van der Waals surface area contributed by atoms with E-state index >= 15 is 0 Å². The average molecular weight is 129 g/mol. The van der Waals surface area contributed by atoms with Crippen molar-refractivity contribution in [3.63, 3.8) is 0 Å². The van der Waals surface area contributed by atoms with Gasteiger partial charge >= 0.3 is 0 Å². The summed E-state index contributed by atoms with van der Waals surface area (Å²) in [4.78, 5) is 0. The average Bonchev–Trinajstić information content (AvgIpc) is 1.63. The minimum atomic E-state index is 0.0628. The summed E-state index contributed by atoms with van der Waals surface area (Å²) in [5, 5.41) is 9.00. The molecular formula is C7H15NO. The van der Waals surface area contributed by atoms with Gasteiger partial charge in [-0.3, -0.25) is 0 Å².